The second kappa shape index (κ2) is 12.9. The minimum Gasteiger partial charge on any atom is -0.756 e. The van der Waals surface area contributed by atoms with Crippen LogP contribution in [-0.4, -0.2) is 43.2 Å². The Kier molecular flexibility index (Phi) is 10.8. The smallest absolute Gasteiger partial charge is 0.265 e. The standard InChI is InChI=1S/C33H56NO4P/c1-23(2)24(3)12-13-26(5)30-18-19-31-27(11-10-20-33(30,31)6)16-17-28-21-29(15-14-25(28)4)32(22-34(7,8)9)38-39(35,36)37/h12-13,16-17,23-24,26,29-32H,4,10-11,14-15,18-22H2,1-3,5-9H3,(H-,35,36,37)/b13-12?,27-16+,28-17-/t24-,26+,29-,30+,31-,32?,33+/m0/s1. The number of fused-ring (bicyclic) bond motifs is 1. The molecule has 39 heavy (non-hydrogen) atoms. The minimum atomic E-state index is -4.82. The Morgan fingerprint density at radius 3 is 2.44 bits per heavy atom. The molecule has 3 aliphatic carbocycles. The first-order valence-corrected chi connectivity index (χ1v) is 16.8. The number of phosphoric ester groups is 1. The molecule has 0 amide bonds. The van der Waals surface area contributed by atoms with Crippen LogP contribution < -0.4 is 4.89 Å². The number of quaternary nitrogens is 1. The van der Waals surface area contributed by atoms with Crippen molar-refractivity contribution in [3.8, 4) is 0 Å². The largest absolute Gasteiger partial charge is 0.756 e. The molecule has 0 bridgehead atoms. The lowest BCUT2D eigenvalue weighted by Crippen LogP contribution is -2.45. The highest BCUT2D eigenvalue weighted by Gasteiger charge is 2.50. The molecule has 0 aromatic heterocycles. The van der Waals surface area contributed by atoms with Gasteiger partial charge in [-0.2, -0.15) is 0 Å². The Morgan fingerprint density at radius 2 is 1.82 bits per heavy atom. The lowest BCUT2D eigenvalue weighted by Gasteiger charge is -2.44. The molecule has 222 valence electrons. The van der Waals surface area contributed by atoms with E-state index in [0.29, 0.717) is 40.1 Å². The van der Waals surface area contributed by atoms with Gasteiger partial charge in [-0.15, -0.1) is 0 Å². The van der Waals surface area contributed by atoms with Crippen molar-refractivity contribution in [1.29, 1.82) is 0 Å². The van der Waals surface area contributed by atoms with Gasteiger partial charge in [-0.05, 0) is 97.9 Å². The van der Waals surface area contributed by atoms with Gasteiger partial charge >= 0.3 is 0 Å². The van der Waals surface area contributed by atoms with Crippen LogP contribution in [0.3, 0.4) is 0 Å². The predicted octanol–water partition coefficient (Wildman–Crippen LogP) is 7.45. The maximum atomic E-state index is 11.7. The third kappa shape index (κ3) is 8.76. The SMILES string of the molecule is C=C1CC[C@H](C(C[N+](C)(C)C)OP(=O)([O-])O)C/C1=C/C=C1\CCC[C@]2(C)[C@@H]([C@H](C)C=C[C@H](C)C(C)C)CC[C@@H]12. The Balaban J connectivity index is 1.78. The fourth-order valence-electron chi connectivity index (χ4n) is 7.59. The fraction of sp³-hybridized carbons (Fsp3) is 0.758. The zero-order valence-corrected chi connectivity index (χ0v) is 26.9. The van der Waals surface area contributed by atoms with Gasteiger partial charge in [0.25, 0.3) is 7.82 Å². The molecule has 1 N–H and O–H groups in total. The van der Waals surface area contributed by atoms with E-state index in [4.69, 9.17) is 4.52 Å². The summed E-state index contributed by atoms with van der Waals surface area (Å²) in [6, 6.07) is 0. The van der Waals surface area contributed by atoms with E-state index in [-0.39, 0.29) is 5.92 Å². The van der Waals surface area contributed by atoms with E-state index in [0.717, 1.165) is 30.8 Å². The molecule has 0 heterocycles. The zero-order chi connectivity index (χ0) is 29.2. The molecular weight excluding hydrogens is 505 g/mol. The van der Waals surface area contributed by atoms with Gasteiger partial charge in [-0.1, -0.05) is 76.6 Å². The van der Waals surface area contributed by atoms with E-state index in [9.17, 15) is 14.4 Å². The topological polar surface area (TPSA) is 69.6 Å². The van der Waals surface area contributed by atoms with Gasteiger partial charge in [0, 0.05) is 0 Å². The summed E-state index contributed by atoms with van der Waals surface area (Å²) in [4.78, 5) is 21.2. The highest BCUT2D eigenvalue weighted by molar-refractivity contribution is 7.44. The summed E-state index contributed by atoms with van der Waals surface area (Å²) >= 11 is 0. The van der Waals surface area contributed by atoms with Gasteiger partial charge in [-0.25, -0.2) is 0 Å². The Hall–Kier alpha value is -0.970. The normalized spacial score (nSPS) is 34.4. The molecule has 8 atom stereocenters. The minimum absolute atomic E-state index is 0.0280. The first kappa shape index (κ1) is 32.5. The van der Waals surface area contributed by atoms with Gasteiger partial charge in [-0.3, -0.25) is 4.57 Å². The summed E-state index contributed by atoms with van der Waals surface area (Å²) in [5.74, 6) is 3.27. The quantitative estimate of drug-likeness (QED) is 0.171. The third-order valence-electron chi connectivity index (χ3n) is 10.2. The Bertz CT molecular complexity index is 1000. The van der Waals surface area contributed by atoms with E-state index < -0.39 is 13.9 Å². The maximum Gasteiger partial charge on any atom is 0.265 e. The van der Waals surface area contributed by atoms with E-state index >= 15 is 0 Å². The predicted molar refractivity (Wildman–Crippen MR) is 161 cm³/mol. The molecule has 3 fully saturated rings. The third-order valence-corrected chi connectivity index (χ3v) is 10.8. The van der Waals surface area contributed by atoms with E-state index in [1.165, 1.54) is 37.7 Å². The molecular formula is C33H56NO4P. The van der Waals surface area contributed by atoms with Crippen LogP contribution >= 0.6 is 7.82 Å². The van der Waals surface area contributed by atoms with Crippen molar-refractivity contribution in [3.63, 3.8) is 0 Å². The van der Waals surface area contributed by atoms with Crippen LogP contribution in [0.25, 0.3) is 0 Å². The Morgan fingerprint density at radius 1 is 1.13 bits per heavy atom. The van der Waals surface area contributed by atoms with Crippen molar-refractivity contribution in [3.05, 3.63) is 47.6 Å². The molecule has 0 aromatic carbocycles. The van der Waals surface area contributed by atoms with Crippen LogP contribution in [0.15, 0.2) is 47.6 Å². The molecule has 2 unspecified atom stereocenters. The van der Waals surface area contributed by atoms with Crippen molar-refractivity contribution in [2.75, 3.05) is 27.7 Å². The molecule has 0 saturated heterocycles. The number of hydrogen-bond acceptors (Lipinski definition) is 3. The maximum absolute atomic E-state index is 11.7. The second-order valence-electron chi connectivity index (χ2n) is 14.6. The molecule has 0 spiro atoms. The summed E-state index contributed by atoms with van der Waals surface area (Å²) in [6.07, 6.45) is 17.7. The lowest BCUT2D eigenvalue weighted by atomic mass is 9.61. The number of nitrogens with zero attached hydrogens (tertiary/aromatic N) is 1. The average molecular weight is 562 g/mol. The molecule has 5 nitrogen and oxygen atoms in total. The summed E-state index contributed by atoms with van der Waals surface area (Å²) in [5, 5.41) is 0. The van der Waals surface area contributed by atoms with Gasteiger partial charge in [0.05, 0.1) is 21.1 Å². The zero-order valence-electron chi connectivity index (χ0n) is 26.0. The van der Waals surface area contributed by atoms with E-state index in [1.807, 2.05) is 21.1 Å². The van der Waals surface area contributed by atoms with E-state index in [1.54, 1.807) is 5.57 Å². The van der Waals surface area contributed by atoms with Crippen LogP contribution in [0.5, 0.6) is 0 Å². The van der Waals surface area contributed by atoms with Gasteiger partial charge in [0.15, 0.2) is 0 Å². The van der Waals surface area contributed by atoms with Gasteiger partial charge in [0.2, 0.25) is 0 Å². The first-order valence-electron chi connectivity index (χ1n) is 15.3. The second-order valence-corrected chi connectivity index (χ2v) is 15.7. The molecule has 3 rings (SSSR count). The number of hydrogen-bond donors (Lipinski definition) is 1. The molecule has 0 aliphatic heterocycles. The first-order chi connectivity index (χ1) is 18.0. The van der Waals surface area contributed by atoms with Crippen LogP contribution in [0.2, 0.25) is 0 Å². The highest BCUT2D eigenvalue weighted by atomic mass is 31.2. The van der Waals surface area contributed by atoms with Crippen molar-refractivity contribution in [2.24, 2.45) is 40.9 Å². The Labute approximate surface area is 239 Å². The van der Waals surface area contributed by atoms with E-state index in [2.05, 4.69) is 65.5 Å². The molecule has 3 saturated carbocycles. The summed E-state index contributed by atoms with van der Waals surface area (Å²) in [6.45, 7) is 16.8. The monoisotopic (exact) mass is 561 g/mol. The number of rotatable bonds is 10. The van der Waals surface area contributed by atoms with Crippen molar-refractivity contribution < 1.29 is 23.4 Å². The summed E-state index contributed by atoms with van der Waals surface area (Å²) in [5.41, 5.74) is 4.27. The van der Waals surface area contributed by atoms with Crippen molar-refractivity contribution in [1.82, 2.24) is 0 Å². The van der Waals surface area contributed by atoms with Crippen molar-refractivity contribution >= 4 is 7.82 Å². The van der Waals surface area contributed by atoms with Crippen molar-refractivity contribution in [2.45, 2.75) is 92.1 Å². The summed E-state index contributed by atoms with van der Waals surface area (Å²) < 4.78 is 17.5. The average Bonchev–Trinajstić information content (AvgIpc) is 3.17. The van der Waals surface area contributed by atoms with Gasteiger partial charge < -0.3 is 18.8 Å². The van der Waals surface area contributed by atoms with Crippen LogP contribution in [0.4, 0.5) is 0 Å². The van der Waals surface area contributed by atoms with Crippen LogP contribution in [-0.2, 0) is 9.09 Å². The number of allylic oxidation sites excluding steroid dienone is 7. The number of likely N-dealkylation sites (N-methyl/N-ethyl adjacent to an activating group) is 1. The lowest BCUT2D eigenvalue weighted by molar-refractivity contribution is -0.873. The summed E-state index contributed by atoms with van der Waals surface area (Å²) in [7, 11) is 1.23. The molecule has 6 heteroatoms. The van der Waals surface area contributed by atoms with Gasteiger partial charge in [0.1, 0.15) is 12.6 Å². The highest BCUT2D eigenvalue weighted by Crippen LogP contribution is 2.59. The molecule has 0 radical (unpaired) electrons. The van der Waals surface area contributed by atoms with Crippen LogP contribution in [0.1, 0.15) is 86.0 Å². The fourth-order valence-corrected chi connectivity index (χ4v) is 8.17. The molecule has 3 aliphatic rings. The van der Waals surface area contributed by atoms with Crippen LogP contribution in [0, 0.1) is 40.9 Å². The molecule has 0 aromatic rings. The number of phosphoric acid groups is 1.